The molecular formula is C8H8O3. The minimum absolute atomic E-state index is 0.0881. The van der Waals surface area contributed by atoms with Gasteiger partial charge in [0, 0.05) is 12.0 Å². The summed E-state index contributed by atoms with van der Waals surface area (Å²) in [6.07, 6.45) is 5.15. The van der Waals surface area contributed by atoms with Crippen molar-refractivity contribution in [3.8, 4) is 0 Å². The van der Waals surface area contributed by atoms with Crippen LogP contribution in [0.3, 0.4) is 0 Å². The molecule has 3 nitrogen and oxygen atoms in total. The first-order chi connectivity index (χ1) is 5.20. The van der Waals surface area contributed by atoms with E-state index in [1.165, 1.54) is 0 Å². The predicted molar refractivity (Wildman–Crippen MR) is 39.1 cm³/mol. The molecule has 0 fully saturated rings. The fraction of sp³-hybridized carbons (Fsp3) is 0.250. The molecule has 1 aliphatic rings. The van der Waals surface area contributed by atoms with Crippen LogP contribution in [0.15, 0.2) is 23.8 Å². The quantitative estimate of drug-likeness (QED) is 0.640. The lowest BCUT2D eigenvalue weighted by Gasteiger charge is -2.03. The Kier molecular flexibility index (Phi) is 2.21. The van der Waals surface area contributed by atoms with Gasteiger partial charge in [0.25, 0.3) is 0 Å². The fourth-order valence-corrected chi connectivity index (χ4v) is 0.904. The van der Waals surface area contributed by atoms with E-state index in [2.05, 4.69) is 0 Å². The summed E-state index contributed by atoms with van der Waals surface area (Å²) in [5, 5.41) is 8.37. The first-order valence-electron chi connectivity index (χ1n) is 3.31. The number of Topliss-reactive ketones (excluding diaryl/α,β-unsaturated/α-hetero) is 1. The molecule has 1 N–H and O–H groups in total. The Morgan fingerprint density at radius 3 is 2.91 bits per heavy atom. The number of hydrogen-bond donors (Lipinski definition) is 1. The van der Waals surface area contributed by atoms with Crippen LogP contribution >= 0.6 is 0 Å². The zero-order valence-electron chi connectivity index (χ0n) is 5.91. The molecule has 1 rings (SSSR count). The zero-order chi connectivity index (χ0) is 8.27. The molecule has 0 radical (unpaired) electrons. The highest BCUT2D eigenvalue weighted by Crippen LogP contribution is 2.10. The van der Waals surface area contributed by atoms with Crippen LogP contribution in [0, 0.1) is 0 Å². The van der Waals surface area contributed by atoms with Gasteiger partial charge in [0.05, 0.1) is 6.42 Å². The molecule has 0 bridgehead atoms. The summed E-state index contributed by atoms with van der Waals surface area (Å²) in [6.45, 7) is 0. The number of rotatable bonds is 2. The molecule has 1 aliphatic carbocycles. The SMILES string of the molecule is O=C(O)CC1=CC=CCC1=O. The van der Waals surface area contributed by atoms with Crippen molar-refractivity contribution in [3.05, 3.63) is 23.8 Å². The first kappa shape index (κ1) is 7.72. The zero-order valence-corrected chi connectivity index (χ0v) is 5.91. The topological polar surface area (TPSA) is 54.4 Å². The molecule has 0 aliphatic heterocycles. The number of carboxylic acid groups (broad SMARTS) is 1. The van der Waals surface area contributed by atoms with E-state index >= 15 is 0 Å². The largest absolute Gasteiger partial charge is 0.481 e. The van der Waals surface area contributed by atoms with Gasteiger partial charge in [0.2, 0.25) is 0 Å². The lowest BCUT2D eigenvalue weighted by atomic mass is 10.0. The van der Waals surface area contributed by atoms with Crippen molar-refractivity contribution in [2.24, 2.45) is 0 Å². The maximum absolute atomic E-state index is 10.9. The van der Waals surface area contributed by atoms with E-state index < -0.39 is 5.97 Å². The summed E-state index contributed by atoms with van der Waals surface area (Å²) in [5.41, 5.74) is 0.389. The van der Waals surface area contributed by atoms with Crippen LogP contribution in [-0.2, 0) is 9.59 Å². The molecule has 0 aromatic carbocycles. The Morgan fingerprint density at radius 1 is 1.64 bits per heavy atom. The van der Waals surface area contributed by atoms with Crippen molar-refractivity contribution in [3.63, 3.8) is 0 Å². The number of allylic oxidation sites excluding steroid dienone is 3. The molecule has 0 aromatic rings. The molecular weight excluding hydrogens is 144 g/mol. The van der Waals surface area contributed by atoms with Gasteiger partial charge in [-0.2, -0.15) is 0 Å². The Balaban J connectivity index is 2.68. The number of carbonyl (C=O) groups excluding carboxylic acids is 1. The maximum atomic E-state index is 10.9. The predicted octanol–water partition coefficient (Wildman–Crippen LogP) is 0.917. The molecule has 0 saturated carbocycles. The standard InChI is InChI=1S/C8H8O3/c9-7-4-2-1-3-6(7)5-8(10)11/h1-3H,4-5H2,(H,10,11). The Bertz CT molecular complexity index is 248. The van der Waals surface area contributed by atoms with Crippen LogP contribution in [0.2, 0.25) is 0 Å². The summed E-state index contributed by atoms with van der Waals surface area (Å²) in [7, 11) is 0. The van der Waals surface area contributed by atoms with Gasteiger partial charge in [-0.25, -0.2) is 0 Å². The van der Waals surface area contributed by atoms with E-state index in [0.29, 0.717) is 12.0 Å². The van der Waals surface area contributed by atoms with Crippen LogP contribution in [-0.4, -0.2) is 16.9 Å². The molecule has 0 saturated heterocycles. The van der Waals surface area contributed by atoms with E-state index in [0.717, 1.165) is 0 Å². The Labute approximate surface area is 64.0 Å². The summed E-state index contributed by atoms with van der Waals surface area (Å²) in [5.74, 6) is -1.05. The van der Waals surface area contributed by atoms with E-state index in [4.69, 9.17) is 5.11 Å². The number of ketones is 1. The normalized spacial score (nSPS) is 16.4. The van der Waals surface area contributed by atoms with Gasteiger partial charge in [0.1, 0.15) is 0 Å². The van der Waals surface area contributed by atoms with Crippen LogP contribution in [0.25, 0.3) is 0 Å². The second-order valence-corrected chi connectivity index (χ2v) is 2.32. The highest BCUT2D eigenvalue weighted by molar-refractivity contribution is 6.00. The number of carbonyl (C=O) groups is 2. The summed E-state index contributed by atoms with van der Waals surface area (Å²) in [6, 6.07) is 0. The monoisotopic (exact) mass is 152 g/mol. The average molecular weight is 152 g/mol. The van der Waals surface area contributed by atoms with Gasteiger partial charge in [-0.3, -0.25) is 9.59 Å². The second kappa shape index (κ2) is 3.14. The third-order valence-corrected chi connectivity index (χ3v) is 1.44. The second-order valence-electron chi connectivity index (χ2n) is 2.32. The van der Waals surface area contributed by atoms with Crippen LogP contribution in [0.1, 0.15) is 12.8 Å². The van der Waals surface area contributed by atoms with Crippen molar-refractivity contribution in [1.29, 1.82) is 0 Å². The third kappa shape index (κ3) is 2.04. The van der Waals surface area contributed by atoms with E-state index in [1.807, 2.05) is 0 Å². The number of hydrogen-bond acceptors (Lipinski definition) is 2. The lowest BCUT2D eigenvalue weighted by molar-refractivity contribution is -0.137. The highest BCUT2D eigenvalue weighted by atomic mass is 16.4. The van der Waals surface area contributed by atoms with Gasteiger partial charge < -0.3 is 5.11 Å². The highest BCUT2D eigenvalue weighted by Gasteiger charge is 2.12. The molecule has 0 spiro atoms. The smallest absolute Gasteiger partial charge is 0.307 e. The summed E-state index contributed by atoms with van der Waals surface area (Å²) >= 11 is 0. The molecule has 0 atom stereocenters. The van der Waals surface area contributed by atoms with Crippen molar-refractivity contribution in [1.82, 2.24) is 0 Å². The van der Waals surface area contributed by atoms with Gasteiger partial charge in [-0.15, -0.1) is 0 Å². The van der Waals surface area contributed by atoms with Crippen molar-refractivity contribution >= 4 is 11.8 Å². The fourth-order valence-electron chi connectivity index (χ4n) is 0.904. The first-order valence-corrected chi connectivity index (χ1v) is 3.31. The van der Waals surface area contributed by atoms with Crippen molar-refractivity contribution < 1.29 is 14.7 Å². The van der Waals surface area contributed by atoms with Crippen LogP contribution in [0.5, 0.6) is 0 Å². The maximum Gasteiger partial charge on any atom is 0.307 e. The van der Waals surface area contributed by atoms with Crippen molar-refractivity contribution in [2.45, 2.75) is 12.8 Å². The van der Waals surface area contributed by atoms with Crippen molar-refractivity contribution in [2.75, 3.05) is 0 Å². The Morgan fingerprint density at radius 2 is 2.36 bits per heavy atom. The molecule has 0 heterocycles. The van der Waals surface area contributed by atoms with Crippen LogP contribution < -0.4 is 0 Å². The minimum atomic E-state index is -0.958. The van der Waals surface area contributed by atoms with Gasteiger partial charge >= 0.3 is 5.97 Å². The lowest BCUT2D eigenvalue weighted by Crippen LogP contribution is -2.08. The molecule has 58 valence electrons. The number of carboxylic acids is 1. The third-order valence-electron chi connectivity index (χ3n) is 1.44. The minimum Gasteiger partial charge on any atom is -0.481 e. The summed E-state index contributed by atoms with van der Waals surface area (Å²) < 4.78 is 0. The van der Waals surface area contributed by atoms with Gasteiger partial charge in [-0.1, -0.05) is 18.2 Å². The van der Waals surface area contributed by atoms with E-state index in [-0.39, 0.29) is 12.2 Å². The van der Waals surface area contributed by atoms with Gasteiger partial charge in [-0.05, 0) is 0 Å². The molecule has 0 amide bonds. The van der Waals surface area contributed by atoms with Crippen LogP contribution in [0.4, 0.5) is 0 Å². The molecule has 0 aromatic heterocycles. The van der Waals surface area contributed by atoms with Gasteiger partial charge in [0.15, 0.2) is 5.78 Å². The average Bonchev–Trinajstić information content (AvgIpc) is 1.93. The van der Waals surface area contributed by atoms with E-state index in [9.17, 15) is 9.59 Å². The van der Waals surface area contributed by atoms with E-state index in [1.54, 1.807) is 18.2 Å². The molecule has 0 unspecified atom stereocenters. The number of aliphatic carboxylic acids is 1. The molecule has 11 heavy (non-hydrogen) atoms. The summed E-state index contributed by atoms with van der Waals surface area (Å²) in [4.78, 5) is 21.1. The Hall–Kier alpha value is -1.38. The molecule has 3 heteroatoms.